The Kier molecular flexibility index (Phi) is 6.90. The number of nitrogens with one attached hydrogen (secondary N) is 1. The van der Waals surface area contributed by atoms with Gasteiger partial charge in [0.05, 0.1) is 10.6 Å². The van der Waals surface area contributed by atoms with Gasteiger partial charge in [-0.2, -0.15) is 4.31 Å². The molecule has 4 rings (SSSR count). The molecule has 0 spiro atoms. The Hall–Kier alpha value is -2.01. The van der Waals surface area contributed by atoms with Gasteiger partial charge in [0.2, 0.25) is 15.9 Å². The average molecular weight is 477 g/mol. The monoisotopic (exact) mass is 476 g/mol. The van der Waals surface area contributed by atoms with Crippen molar-refractivity contribution in [3.8, 4) is 0 Å². The number of rotatable bonds is 6. The standard InChI is InChI=1S/C21H24N4O3S3/c1-15-6-7-16(12-18(15)31(27,28)25-9-4-2-3-5-10-25)24-19(26)13-30-21-17-8-11-29-20(17)22-14-23-21/h6-8,11-12,14H,2-5,9-10,13H2,1H3,(H,24,26). The summed E-state index contributed by atoms with van der Waals surface area (Å²) >= 11 is 2.87. The summed E-state index contributed by atoms with van der Waals surface area (Å²) in [6.07, 6.45) is 5.38. The first-order valence-corrected chi connectivity index (χ1v) is 13.5. The molecule has 1 amide bonds. The maximum Gasteiger partial charge on any atom is 0.243 e. The van der Waals surface area contributed by atoms with Crippen molar-refractivity contribution < 1.29 is 13.2 Å². The van der Waals surface area contributed by atoms with E-state index in [0.717, 1.165) is 40.9 Å². The van der Waals surface area contributed by atoms with E-state index < -0.39 is 10.0 Å². The molecular weight excluding hydrogens is 452 g/mol. The molecular formula is C21H24N4O3S3. The van der Waals surface area contributed by atoms with Crippen LogP contribution in [0.2, 0.25) is 0 Å². The minimum absolute atomic E-state index is 0.171. The molecule has 1 N–H and O–H groups in total. The second-order valence-electron chi connectivity index (χ2n) is 7.45. The highest BCUT2D eigenvalue weighted by molar-refractivity contribution is 8.00. The number of thioether (sulfide) groups is 1. The van der Waals surface area contributed by atoms with E-state index >= 15 is 0 Å². The molecule has 3 heterocycles. The number of anilines is 1. The number of nitrogens with zero attached hydrogens (tertiary/aromatic N) is 3. The quantitative estimate of drug-likeness (QED) is 0.421. The summed E-state index contributed by atoms with van der Waals surface area (Å²) < 4.78 is 28.0. The number of hydrogen-bond donors (Lipinski definition) is 1. The summed E-state index contributed by atoms with van der Waals surface area (Å²) in [5.41, 5.74) is 1.16. The molecule has 0 saturated carbocycles. The zero-order chi connectivity index (χ0) is 21.8. The molecule has 0 atom stereocenters. The summed E-state index contributed by atoms with van der Waals surface area (Å²) in [4.78, 5) is 22.2. The summed E-state index contributed by atoms with van der Waals surface area (Å²) in [6.45, 7) is 2.88. The number of carbonyl (C=O) groups excluding carboxylic acids is 1. The van der Waals surface area contributed by atoms with Crippen LogP contribution < -0.4 is 5.32 Å². The van der Waals surface area contributed by atoms with Crippen LogP contribution in [0, 0.1) is 6.92 Å². The summed E-state index contributed by atoms with van der Waals surface area (Å²) in [5, 5.41) is 6.47. The number of aryl methyl sites for hydroxylation is 1. The van der Waals surface area contributed by atoms with Gasteiger partial charge in [-0.1, -0.05) is 30.7 Å². The van der Waals surface area contributed by atoms with Gasteiger partial charge >= 0.3 is 0 Å². The van der Waals surface area contributed by atoms with Gasteiger partial charge < -0.3 is 5.32 Å². The van der Waals surface area contributed by atoms with Gasteiger partial charge in [0.15, 0.2) is 0 Å². The van der Waals surface area contributed by atoms with Crippen molar-refractivity contribution in [2.45, 2.75) is 42.5 Å². The summed E-state index contributed by atoms with van der Waals surface area (Å²) in [5.74, 6) is -0.0432. The van der Waals surface area contributed by atoms with Crippen LogP contribution in [0.25, 0.3) is 10.2 Å². The lowest BCUT2D eigenvalue weighted by Gasteiger charge is -2.21. The molecule has 1 aromatic carbocycles. The van der Waals surface area contributed by atoms with E-state index in [0.29, 0.717) is 24.3 Å². The predicted octanol–water partition coefficient (Wildman–Crippen LogP) is 4.30. The van der Waals surface area contributed by atoms with Crippen molar-refractivity contribution in [3.05, 3.63) is 41.5 Å². The number of amides is 1. The van der Waals surface area contributed by atoms with Crippen LogP contribution in [0.3, 0.4) is 0 Å². The van der Waals surface area contributed by atoms with E-state index in [2.05, 4.69) is 15.3 Å². The van der Waals surface area contributed by atoms with Crippen molar-refractivity contribution in [2.24, 2.45) is 0 Å². The molecule has 0 unspecified atom stereocenters. The van der Waals surface area contributed by atoms with E-state index in [4.69, 9.17) is 0 Å². The van der Waals surface area contributed by atoms with E-state index in [9.17, 15) is 13.2 Å². The van der Waals surface area contributed by atoms with Crippen molar-refractivity contribution >= 4 is 54.9 Å². The molecule has 3 aromatic rings. The molecule has 0 aliphatic carbocycles. The minimum atomic E-state index is -3.59. The predicted molar refractivity (Wildman–Crippen MR) is 125 cm³/mol. The fourth-order valence-corrected chi connectivity index (χ4v) is 6.94. The highest BCUT2D eigenvalue weighted by atomic mass is 32.2. The lowest BCUT2D eigenvalue weighted by Crippen LogP contribution is -2.32. The van der Waals surface area contributed by atoms with Gasteiger partial charge in [0, 0.05) is 24.2 Å². The van der Waals surface area contributed by atoms with E-state index in [1.54, 1.807) is 29.4 Å². The van der Waals surface area contributed by atoms with Gasteiger partial charge in [0.25, 0.3) is 0 Å². The largest absolute Gasteiger partial charge is 0.325 e. The molecule has 1 aliphatic heterocycles. The van der Waals surface area contributed by atoms with Crippen LogP contribution in [0.5, 0.6) is 0 Å². The topological polar surface area (TPSA) is 92.3 Å². The maximum atomic E-state index is 13.2. The highest BCUT2D eigenvalue weighted by Crippen LogP contribution is 2.28. The molecule has 31 heavy (non-hydrogen) atoms. The van der Waals surface area contributed by atoms with Crippen LogP contribution in [-0.2, 0) is 14.8 Å². The lowest BCUT2D eigenvalue weighted by molar-refractivity contribution is -0.113. The highest BCUT2D eigenvalue weighted by Gasteiger charge is 2.27. The zero-order valence-electron chi connectivity index (χ0n) is 17.2. The normalized spacial score (nSPS) is 15.6. The number of fused-ring (bicyclic) bond motifs is 1. The molecule has 0 bridgehead atoms. The van der Waals surface area contributed by atoms with E-state index in [1.165, 1.54) is 29.4 Å². The van der Waals surface area contributed by atoms with Crippen molar-refractivity contribution in [2.75, 3.05) is 24.2 Å². The molecule has 1 aliphatic rings. The van der Waals surface area contributed by atoms with E-state index in [-0.39, 0.29) is 16.6 Å². The van der Waals surface area contributed by atoms with Crippen molar-refractivity contribution in [1.82, 2.24) is 14.3 Å². The van der Waals surface area contributed by atoms with Gasteiger partial charge in [-0.05, 0) is 48.9 Å². The first-order chi connectivity index (χ1) is 14.9. The first-order valence-electron chi connectivity index (χ1n) is 10.2. The second kappa shape index (κ2) is 9.64. The number of aromatic nitrogens is 2. The number of carbonyl (C=O) groups is 1. The molecule has 0 radical (unpaired) electrons. The van der Waals surface area contributed by atoms with Crippen LogP contribution in [0.15, 0.2) is 45.9 Å². The smallest absolute Gasteiger partial charge is 0.243 e. The number of benzene rings is 1. The lowest BCUT2D eigenvalue weighted by atomic mass is 10.2. The molecule has 1 fully saturated rings. The van der Waals surface area contributed by atoms with E-state index in [1.807, 2.05) is 11.4 Å². The molecule has 164 valence electrons. The molecule has 7 nitrogen and oxygen atoms in total. The number of sulfonamides is 1. The Morgan fingerprint density at radius 1 is 1.16 bits per heavy atom. The molecule has 2 aromatic heterocycles. The minimum Gasteiger partial charge on any atom is -0.325 e. The van der Waals surface area contributed by atoms with Gasteiger partial charge in [-0.25, -0.2) is 18.4 Å². The number of thiophene rings is 1. The Morgan fingerprint density at radius 2 is 1.94 bits per heavy atom. The maximum absolute atomic E-state index is 13.2. The Balaban J connectivity index is 1.46. The first kappa shape index (κ1) is 22.2. The number of hydrogen-bond acceptors (Lipinski definition) is 7. The fraction of sp³-hybridized carbons (Fsp3) is 0.381. The Bertz CT molecular complexity index is 1190. The second-order valence-corrected chi connectivity index (χ2v) is 11.2. The van der Waals surface area contributed by atoms with Crippen LogP contribution in [-0.4, -0.2) is 47.4 Å². The Labute approximate surface area is 190 Å². The van der Waals surface area contributed by atoms with Gasteiger partial charge in [-0.15, -0.1) is 11.3 Å². The zero-order valence-corrected chi connectivity index (χ0v) is 19.7. The van der Waals surface area contributed by atoms with Crippen LogP contribution in [0.1, 0.15) is 31.2 Å². The third-order valence-corrected chi connectivity index (χ3v) is 9.09. The summed E-state index contributed by atoms with van der Waals surface area (Å²) in [6, 6.07) is 6.99. The molecule has 10 heteroatoms. The van der Waals surface area contributed by atoms with Crippen molar-refractivity contribution in [1.29, 1.82) is 0 Å². The summed E-state index contributed by atoms with van der Waals surface area (Å²) in [7, 11) is -3.59. The third kappa shape index (κ3) is 5.08. The van der Waals surface area contributed by atoms with Gasteiger partial charge in [-0.3, -0.25) is 4.79 Å². The third-order valence-electron chi connectivity index (χ3n) is 5.22. The average Bonchev–Trinajstić information content (AvgIpc) is 3.06. The van der Waals surface area contributed by atoms with Crippen LogP contribution in [0.4, 0.5) is 5.69 Å². The Morgan fingerprint density at radius 3 is 2.71 bits per heavy atom. The fourth-order valence-electron chi connectivity index (χ4n) is 3.59. The van der Waals surface area contributed by atoms with Crippen molar-refractivity contribution in [3.63, 3.8) is 0 Å². The SMILES string of the molecule is Cc1ccc(NC(=O)CSc2ncnc3sccc23)cc1S(=O)(=O)N1CCCCCC1. The van der Waals surface area contributed by atoms with Crippen LogP contribution >= 0.6 is 23.1 Å². The molecule has 1 saturated heterocycles. The van der Waals surface area contributed by atoms with Gasteiger partial charge in [0.1, 0.15) is 16.2 Å².